The van der Waals surface area contributed by atoms with Crippen molar-refractivity contribution in [2.75, 3.05) is 12.4 Å². The Morgan fingerprint density at radius 2 is 2.31 bits per heavy atom. The predicted octanol–water partition coefficient (Wildman–Crippen LogP) is 3.31. The van der Waals surface area contributed by atoms with Gasteiger partial charge in [-0.1, -0.05) is 34.5 Å². The molecule has 0 radical (unpaired) electrons. The van der Waals surface area contributed by atoms with Crippen molar-refractivity contribution in [2.45, 2.75) is 32.1 Å². The summed E-state index contributed by atoms with van der Waals surface area (Å²) in [6, 6.07) is 0. The largest absolute Gasteiger partial charge is 0.469 e. The highest BCUT2D eigenvalue weighted by molar-refractivity contribution is 9.09. The third-order valence-electron chi connectivity index (χ3n) is 4.11. The first-order chi connectivity index (χ1) is 7.73. The highest BCUT2D eigenvalue weighted by atomic mass is 79.9. The van der Waals surface area contributed by atoms with Crippen LogP contribution in [0.5, 0.6) is 0 Å². The van der Waals surface area contributed by atoms with E-state index in [4.69, 9.17) is 4.74 Å². The first kappa shape index (κ1) is 12.2. The van der Waals surface area contributed by atoms with Crippen LogP contribution < -0.4 is 0 Å². The highest BCUT2D eigenvalue weighted by Crippen LogP contribution is 2.55. The molecular formula is C13H19BrO2. The van der Waals surface area contributed by atoms with Crippen LogP contribution in [-0.4, -0.2) is 18.4 Å². The Morgan fingerprint density at radius 1 is 1.50 bits per heavy atom. The molecule has 0 aromatic rings. The number of fused-ring (bicyclic) bond motifs is 2. The van der Waals surface area contributed by atoms with Crippen LogP contribution in [0.25, 0.3) is 0 Å². The van der Waals surface area contributed by atoms with E-state index in [9.17, 15) is 4.79 Å². The number of hydrogen-bond acceptors (Lipinski definition) is 2. The van der Waals surface area contributed by atoms with Gasteiger partial charge in [-0.15, -0.1) is 0 Å². The van der Waals surface area contributed by atoms with Crippen LogP contribution in [0.15, 0.2) is 12.2 Å². The summed E-state index contributed by atoms with van der Waals surface area (Å²) in [7, 11) is 1.52. The Morgan fingerprint density at radius 3 is 2.81 bits per heavy atom. The maximum absolute atomic E-state index is 12.1. The number of allylic oxidation sites excluding steroid dienone is 2. The summed E-state index contributed by atoms with van der Waals surface area (Å²) in [6.45, 7) is 0. The molecule has 1 fully saturated rings. The Balaban J connectivity index is 2.08. The van der Waals surface area contributed by atoms with Crippen LogP contribution >= 0.6 is 15.9 Å². The van der Waals surface area contributed by atoms with E-state index < -0.39 is 0 Å². The second-order valence-electron chi connectivity index (χ2n) is 4.99. The summed E-state index contributed by atoms with van der Waals surface area (Å²) >= 11 is 3.44. The fourth-order valence-corrected chi connectivity index (χ4v) is 3.71. The van der Waals surface area contributed by atoms with Gasteiger partial charge in [0.2, 0.25) is 0 Å². The summed E-state index contributed by atoms with van der Waals surface area (Å²) in [4.78, 5) is 12.1. The van der Waals surface area contributed by atoms with Crippen molar-refractivity contribution in [1.29, 1.82) is 0 Å². The van der Waals surface area contributed by atoms with Crippen molar-refractivity contribution >= 4 is 21.9 Å². The number of methoxy groups -OCH3 is 1. The minimum atomic E-state index is -0.198. The Bertz CT molecular complexity index is 300. The van der Waals surface area contributed by atoms with E-state index in [1.165, 1.54) is 7.11 Å². The molecule has 2 bridgehead atoms. The van der Waals surface area contributed by atoms with Crippen LogP contribution in [-0.2, 0) is 9.53 Å². The number of ether oxygens (including phenoxy) is 1. The van der Waals surface area contributed by atoms with Gasteiger partial charge >= 0.3 is 5.97 Å². The summed E-state index contributed by atoms with van der Waals surface area (Å²) in [6.07, 6.45) is 9.90. The van der Waals surface area contributed by atoms with Gasteiger partial charge in [-0.2, -0.15) is 0 Å². The Kier molecular flexibility index (Phi) is 3.73. The van der Waals surface area contributed by atoms with Crippen molar-refractivity contribution in [3.05, 3.63) is 12.2 Å². The first-order valence-electron chi connectivity index (χ1n) is 6.05. The molecule has 0 spiro atoms. The van der Waals surface area contributed by atoms with Gasteiger partial charge in [-0.3, -0.25) is 4.79 Å². The van der Waals surface area contributed by atoms with Crippen LogP contribution in [0, 0.1) is 17.3 Å². The number of unbranched alkanes of at least 4 members (excludes halogenated alkanes) is 1. The van der Waals surface area contributed by atoms with Gasteiger partial charge < -0.3 is 4.74 Å². The van der Waals surface area contributed by atoms with E-state index in [2.05, 4.69) is 28.1 Å². The molecule has 0 aliphatic heterocycles. The number of alkyl halides is 1. The maximum Gasteiger partial charge on any atom is 0.312 e. The van der Waals surface area contributed by atoms with Crippen LogP contribution in [0.2, 0.25) is 0 Å². The number of halogens is 1. The second kappa shape index (κ2) is 4.91. The molecule has 3 atom stereocenters. The van der Waals surface area contributed by atoms with E-state index >= 15 is 0 Å². The van der Waals surface area contributed by atoms with E-state index in [1.807, 2.05) is 0 Å². The lowest BCUT2D eigenvalue weighted by Crippen LogP contribution is -2.36. The van der Waals surface area contributed by atoms with Crippen molar-refractivity contribution in [3.63, 3.8) is 0 Å². The number of esters is 1. The standard InChI is InChI=1S/C13H19BrO2/c1-16-12(15)13(6-2-3-7-14)9-10-4-5-11(13)8-10/h4-5,10-11H,2-3,6-9H2,1H3. The fourth-order valence-electron chi connectivity index (χ4n) is 3.32. The molecule has 0 N–H and O–H groups in total. The lowest BCUT2D eigenvalue weighted by Gasteiger charge is -2.32. The zero-order valence-electron chi connectivity index (χ0n) is 9.75. The number of carbonyl (C=O) groups is 1. The summed E-state index contributed by atoms with van der Waals surface area (Å²) in [5.41, 5.74) is -0.198. The monoisotopic (exact) mass is 286 g/mol. The third kappa shape index (κ3) is 1.94. The molecule has 2 aliphatic carbocycles. The molecule has 2 rings (SSSR count). The quantitative estimate of drug-likeness (QED) is 0.335. The van der Waals surface area contributed by atoms with Crippen molar-refractivity contribution in [2.24, 2.45) is 17.3 Å². The molecule has 0 aromatic heterocycles. The van der Waals surface area contributed by atoms with Gasteiger partial charge in [0.15, 0.2) is 0 Å². The van der Waals surface area contributed by atoms with Crippen molar-refractivity contribution in [3.8, 4) is 0 Å². The van der Waals surface area contributed by atoms with E-state index in [0.717, 1.165) is 37.4 Å². The third-order valence-corrected chi connectivity index (χ3v) is 4.67. The topological polar surface area (TPSA) is 26.3 Å². The summed E-state index contributed by atoms with van der Waals surface area (Å²) in [5.74, 6) is 1.06. The van der Waals surface area contributed by atoms with E-state index in [1.54, 1.807) is 0 Å². The fraction of sp³-hybridized carbons (Fsp3) is 0.769. The number of carbonyl (C=O) groups excluding carboxylic acids is 1. The van der Waals surface area contributed by atoms with Crippen molar-refractivity contribution < 1.29 is 9.53 Å². The van der Waals surface area contributed by atoms with E-state index in [0.29, 0.717) is 11.8 Å². The summed E-state index contributed by atoms with van der Waals surface area (Å²) < 4.78 is 5.04. The van der Waals surface area contributed by atoms with Gasteiger partial charge in [0.1, 0.15) is 0 Å². The van der Waals surface area contributed by atoms with Gasteiger partial charge in [0, 0.05) is 5.33 Å². The molecule has 90 valence electrons. The molecule has 1 saturated carbocycles. The average molecular weight is 287 g/mol. The molecule has 2 nitrogen and oxygen atoms in total. The Labute approximate surface area is 106 Å². The molecule has 16 heavy (non-hydrogen) atoms. The maximum atomic E-state index is 12.1. The van der Waals surface area contributed by atoms with Gasteiger partial charge in [-0.05, 0) is 37.5 Å². The zero-order chi connectivity index (χ0) is 11.6. The smallest absolute Gasteiger partial charge is 0.312 e. The minimum absolute atomic E-state index is 0.0129. The molecule has 3 unspecified atom stereocenters. The molecule has 0 heterocycles. The molecule has 2 aliphatic rings. The highest BCUT2D eigenvalue weighted by Gasteiger charge is 2.53. The lowest BCUT2D eigenvalue weighted by atomic mass is 9.72. The van der Waals surface area contributed by atoms with Crippen molar-refractivity contribution in [1.82, 2.24) is 0 Å². The molecule has 0 saturated heterocycles. The first-order valence-corrected chi connectivity index (χ1v) is 7.18. The number of hydrogen-bond donors (Lipinski definition) is 0. The average Bonchev–Trinajstić information content (AvgIpc) is 2.89. The molecular weight excluding hydrogens is 268 g/mol. The minimum Gasteiger partial charge on any atom is -0.469 e. The van der Waals surface area contributed by atoms with Crippen LogP contribution in [0.1, 0.15) is 32.1 Å². The molecule has 0 aromatic carbocycles. The predicted molar refractivity (Wildman–Crippen MR) is 67.4 cm³/mol. The van der Waals surface area contributed by atoms with Crippen LogP contribution in [0.4, 0.5) is 0 Å². The van der Waals surface area contributed by atoms with Gasteiger partial charge in [0.05, 0.1) is 12.5 Å². The molecule has 0 amide bonds. The normalized spacial score (nSPS) is 35.6. The van der Waals surface area contributed by atoms with Gasteiger partial charge in [0.25, 0.3) is 0 Å². The summed E-state index contributed by atoms with van der Waals surface area (Å²) in [5, 5.41) is 1.02. The number of rotatable bonds is 5. The van der Waals surface area contributed by atoms with Crippen LogP contribution in [0.3, 0.4) is 0 Å². The van der Waals surface area contributed by atoms with E-state index in [-0.39, 0.29) is 11.4 Å². The second-order valence-corrected chi connectivity index (χ2v) is 5.78. The Hall–Kier alpha value is -0.310. The zero-order valence-corrected chi connectivity index (χ0v) is 11.3. The molecule has 3 heteroatoms. The van der Waals surface area contributed by atoms with Gasteiger partial charge in [-0.25, -0.2) is 0 Å². The SMILES string of the molecule is COC(=O)C1(CCCCBr)CC2C=CC1C2. The lowest BCUT2D eigenvalue weighted by molar-refractivity contribution is -0.155.